The van der Waals surface area contributed by atoms with Crippen molar-refractivity contribution in [3.05, 3.63) is 16.4 Å². The first-order valence-corrected chi connectivity index (χ1v) is 8.41. The van der Waals surface area contributed by atoms with Gasteiger partial charge in [0.25, 0.3) is 0 Å². The molecule has 2 atom stereocenters. The van der Waals surface area contributed by atoms with Gasteiger partial charge in [0.05, 0.1) is 28.5 Å². The number of nitrogens with zero attached hydrogens (tertiary/aromatic N) is 2. The fourth-order valence-corrected chi connectivity index (χ4v) is 4.02. The van der Waals surface area contributed by atoms with E-state index in [4.69, 9.17) is 4.74 Å². The van der Waals surface area contributed by atoms with Gasteiger partial charge in [0.1, 0.15) is 0 Å². The minimum absolute atomic E-state index is 0.190. The third-order valence-corrected chi connectivity index (χ3v) is 4.98. The van der Waals surface area contributed by atoms with Gasteiger partial charge in [-0.05, 0) is 41.2 Å². The number of nitrogens with one attached hydrogen (secondary N) is 1. The fraction of sp³-hybridized carbons (Fsp3) is 0.800. The van der Waals surface area contributed by atoms with Crippen molar-refractivity contribution in [2.45, 2.75) is 51.2 Å². The first-order chi connectivity index (χ1) is 9.69. The monoisotopic (exact) mass is 343 g/mol. The summed E-state index contributed by atoms with van der Waals surface area (Å²) in [6.45, 7) is 3.07. The van der Waals surface area contributed by atoms with Crippen LogP contribution in [-0.4, -0.2) is 29.5 Å². The van der Waals surface area contributed by atoms with Crippen LogP contribution in [0.5, 0.6) is 0 Å². The first-order valence-electron chi connectivity index (χ1n) is 7.62. The number of hydrogen-bond donors (Lipinski definition) is 1. The molecule has 5 heteroatoms. The quantitative estimate of drug-likeness (QED) is 0.859. The minimum Gasteiger partial charge on any atom is -0.379 e. The largest absolute Gasteiger partial charge is 0.379 e. The lowest BCUT2D eigenvalue weighted by atomic mass is 9.81. The first kappa shape index (κ1) is 16.0. The van der Waals surface area contributed by atoms with E-state index in [0.29, 0.717) is 5.92 Å². The molecule has 4 nitrogen and oxygen atoms in total. The molecule has 0 radical (unpaired) electrons. The number of ether oxygens (including phenoxy) is 1. The molecule has 2 rings (SSSR count). The summed E-state index contributed by atoms with van der Waals surface area (Å²) in [7, 11) is 3.84. The van der Waals surface area contributed by atoms with Gasteiger partial charge in [0.15, 0.2) is 0 Å². The van der Waals surface area contributed by atoms with Crippen LogP contribution in [0.15, 0.2) is 10.7 Å². The molecule has 1 aromatic rings. The summed E-state index contributed by atoms with van der Waals surface area (Å²) in [4.78, 5) is 0. The molecular formula is C15H26BrN3O. The Morgan fingerprint density at radius 1 is 1.45 bits per heavy atom. The van der Waals surface area contributed by atoms with Crippen LogP contribution in [0.1, 0.15) is 50.8 Å². The van der Waals surface area contributed by atoms with Gasteiger partial charge in [-0.3, -0.25) is 4.68 Å². The van der Waals surface area contributed by atoms with Crippen LogP contribution in [-0.2, 0) is 11.8 Å². The number of halogens is 1. The molecule has 1 N–H and O–H groups in total. The van der Waals surface area contributed by atoms with Crippen molar-refractivity contribution in [2.24, 2.45) is 13.0 Å². The Morgan fingerprint density at radius 2 is 2.15 bits per heavy atom. The molecule has 2 unspecified atom stereocenters. The molecule has 0 bridgehead atoms. The smallest absolute Gasteiger partial charge is 0.0809 e. The normalized spacial score (nSPS) is 20.0. The van der Waals surface area contributed by atoms with E-state index in [0.717, 1.165) is 11.0 Å². The molecule has 1 aliphatic carbocycles. The molecule has 20 heavy (non-hydrogen) atoms. The third kappa shape index (κ3) is 3.43. The summed E-state index contributed by atoms with van der Waals surface area (Å²) >= 11 is 3.63. The molecule has 1 aromatic heterocycles. The molecule has 1 heterocycles. The van der Waals surface area contributed by atoms with Crippen LogP contribution in [0.25, 0.3) is 0 Å². The highest BCUT2D eigenvalue weighted by atomic mass is 79.9. The van der Waals surface area contributed by atoms with Crippen molar-refractivity contribution < 1.29 is 4.74 Å². The summed E-state index contributed by atoms with van der Waals surface area (Å²) in [6, 6.07) is 0.190. The van der Waals surface area contributed by atoms with Crippen molar-refractivity contribution in [2.75, 3.05) is 13.7 Å². The number of hydrogen-bond acceptors (Lipinski definition) is 3. The van der Waals surface area contributed by atoms with Gasteiger partial charge < -0.3 is 10.1 Å². The van der Waals surface area contributed by atoms with E-state index in [9.17, 15) is 0 Å². The maximum atomic E-state index is 5.91. The second-order valence-electron chi connectivity index (χ2n) is 5.64. The van der Waals surface area contributed by atoms with Gasteiger partial charge in [0, 0.05) is 14.2 Å². The zero-order valence-electron chi connectivity index (χ0n) is 12.7. The summed E-state index contributed by atoms with van der Waals surface area (Å²) in [5.74, 6) is 0.639. The number of methoxy groups -OCH3 is 1. The molecular weight excluding hydrogens is 318 g/mol. The predicted molar refractivity (Wildman–Crippen MR) is 84.7 cm³/mol. The van der Waals surface area contributed by atoms with Gasteiger partial charge >= 0.3 is 0 Å². The summed E-state index contributed by atoms with van der Waals surface area (Å²) in [6.07, 6.45) is 8.65. The molecule has 0 aromatic carbocycles. The van der Waals surface area contributed by atoms with Crippen LogP contribution in [0, 0.1) is 5.92 Å². The molecule has 0 spiro atoms. The van der Waals surface area contributed by atoms with Gasteiger partial charge in [0.2, 0.25) is 0 Å². The lowest BCUT2D eigenvalue weighted by Crippen LogP contribution is -2.40. The summed E-state index contributed by atoms with van der Waals surface area (Å²) < 4.78 is 8.92. The molecule has 0 aliphatic heterocycles. The van der Waals surface area contributed by atoms with Gasteiger partial charge in [-0.1, -0.05) is 26.2 Å². The molecule has 1 saturated carbocycles. The lowest BCUT2D eigenvalue weighted by Gasteiger charge is -2.35. The van der Waals surface area contributed by atoms with Gasteiger partial charge in [-0.25, -0.2) is 0 Å². The van der Waals surface area contributed by atoms with Crippen LogP contribution in [0.2, 0.25) is 0 Å². The number of likely N-dealkylation sites (N-methyl/N-ethyl adjacent to an activating group) is 1. The molecule has 1 aliphatic rings. The lowest BCUT2D eigenvalue weighted by molar-refractivity contribution is 0.00580. The maximum absolute atomic E-state index is 5.91. The van der Waals surface area contributed by atoms with Gasteiger partial charge in [-0.15, -0.1) is 0 Å². The summed E-state index contributed by atoms with van der Waals surface area (Å²) in [5.41, 5.74) is 1.18. The maximum Gasteiger partial charge on any atom is 0.0809 e. The van der Waals surface area contributed by atoms with Crippen LogP contribution in [0.4, 0.5) is 0 Å². The Kier molecular flexibility index (Phi) is 6.05. The zero-order chi connectivity index (χ0) is 14.5. The highest BCUT2D eigenvalue weighted by molar-refractivity contribution is 9.10. The van der Waals surface area contributed by atoms with Crippen molar-refractivity contribution in [1.82, 2.24) is 15.1 Å². The van der Waals surface area contributed by atoms with Crippen LogP contribution >= 0.6 is 15.9 Å². The number of aryl methyl sites for hydroxylation is 1. The molecule has 114 valence electrons. The Bertz CT molecular complexity index is 396. The Hall–Kier alpha value is -0.390. The summed E-state index contributed by atoms with van der Waals surface area (Å²) in [5, 5.41) is 7.95. The molecule has 1 fully saturated rings. The zero-order valence-corrected chi connectivity index (χ0v) is 14.3. The van der Waals surface area contributed by atoms with E-state index in [2.05, 4.69) is 33.3 Å². The van der Waals surface area contributed by atoms with E-state index < -0.39 is 0 Å². The SMILES string of the molecule is CCNC(c1c(Br)cnn1C)C(OC)C1CCCCC1. The van der Waals surface area contributed by atoms with Crippen molar-refractivity contribution in [3.63, 3.8) is 0 Å². The third-order valence-electron chi connectivity index (χ3n) is 4.37. The average Bonchev–Trinajstić information content (AvgIpc) is 2.79. The Balaban J connectivity index is 2.25. The van der Waals surface area contributed by atoms with E-state index in [1.54, 1.807) is 0 Å². The number of rotatable bonds is 6. The average molecular weight is 344 g/mol. The number of aromatic nitrogens is 2. The predicted octanol–water partition coefficient (Wildman–Crippen LogP) is 3.43. The second kappa shape index (κ2) is 7.57. The standard InChI is InChI=1S/C15H26BrN3O/c1-4-17-13(14-12(16)10-18-19(14)2)15(20-3)11-8-6-5-7-9-11/h10-11,13,15,17H,4-9H2,1-3H3. The molecule has 0 saturated heterocycles. The fourth-order valence-electron chi connectivity index (χ4n) is 3.42. The topological polar surface area (TPSA) is 39.1 Å². The van der Waals surface area contributed by atoms with Crippen LogP contribution < -0.4 is 5.32 Å². The van der Waals surface area contributed by atoms with E-state index >= 15 is 0 Å². The Labute approximate surface area is 130 Å². The highest BCUT2D eigenvalue weighted by Crippen LogP contribution is 2.36. The highest BCUT2D eigenvalue weighted by Gasteiger charge is 2.33. The van der Waals surface area contributed by atoms with E-state index in [-0.39, 0.29) is 12.1 Å². The van der Waals surface area contributed by atoms with Crippen molar-refractivity contribution >= 4 is 15.9 Å². The van der Waals surface area contributed by atoms with Crippen LogP contribution in [0.3, 0.4) is 0 Å². The van der Waals surface area contributed by atoms with Gasteiger partial charge in [-0.2, -0.15) is 5.10 Å². The second-order valence-corrected chi connectivity index (χ2v) is 6.49. The van der Waals surface area contributed by atoms with E-state index in [1.165, 1.54) is 37.8 Å². The van der Waals surface area contributed by atoms with Crippen molar-refractivity contribution in [3.8, 4) is 0 Å². The van der Waals surface area contributed by atoms with E-state index in [1.807, 2.05) is 25.0 Å². The minimum atomic E-state index is 0.190. The van der Waals surface area contributed by atoms with Crippen molar-refractivity contribution in [1.29, 1.82) is 0 Å². The molecule has 0 amide bonds. The Morgan fingerprint density at radius 3 is 2.65 bits per heavy atom.